The molecule has 15 heavy (non-hydrogen) atoms. The molecule has 1 atom stereocenters. The second-order valence-electron chi connectivity index (χ2n) is 3.88. The molecule has 1 aliphatic heterocycles. The van der Waals surface area contributed by atoms with Gasteiger partial charge in [-0.3, -0.25) is 0 Å². The molecule has 1 aromatic rings. The predicted octanol–water partition coefficient (Wildman–Crippen LogP) is 1.61. The van der Waals surface area contributed by atoms with Gasteiger partial charge in [0, 0.05) is 0 Å². The summed E-state index contributed by atoms with van der Waals surface area (Å²) in [6.45, 7) is 3.46. The van der Waals surface area contributed by atoms with Gasteiger partial charge in [-0.1, -0.05) is 6.07 Å². The van der Waals surface area contributed by atoms with Crippen molar-refractivity contribution in [1.82, 2.24) is 0 Å². The van der Waals surface area contributed by atoms with Crippen LogP contribution in [0.25, 0.3) is 0 Å². The zero-order valence-electron chi connectivity index (χ0n) is 8.61. The lowest BCUT2D eigenvalue weighted by Gasteiger charge is -2.32. The van der Waals surface area contributed by atoms with E-state index in [1.54, 1.807) is 6.07 Å². The Bertz CT molecular complexity index is 413. The fourth-order valence-corrected chi connectivity index (χ4v) is 1.41. The fourth-order valence-electron chi connectivity index (χ4n) is 1.41. The minimum absolute atomic E-state index is 0.0266. The van der Waals surface area contributed by atoms with Crippen LogP contribution in [0.1, 0.15) is 12.5 Å². The van der Waals surface area contributed by atoms with Gasteiger partial charge in [0.15, 0.2) is 11.5 Å². The molecule has 4 heteroatoms. The van der Waals surface area contributed by atoms with Gasteiger partial charge in [0.05, 0.1) is 0 Å². The van der Waals surface area contributed by atoms with Gasteiger partial charge in [0.2, 0.25) is 5.60 Å². The van der Waals surface area contributed by atoms with Gasteiger partial charge in [0.25, 0.3) is 0 Å². The monoisotopic (exact) mass is 208 g/mol. The molecule has 0 amide bonds. The van der Waals surface area contributed by atoms with Crippen molar-refractivity contribution in [1.29, 1.82) is 0 Å². The van der Waals surface area contributed by atoms with E-state index in [0.717, 1.165) is 5.56 Å². The van der Waals surface area contributed by atoms with Gasteiger partial charge in [-0.25, -0.2) is 4.79 Å². The Morgan fingerprint density at radius 1 is 1.47 bits per heavy atom. The van der Waals surface area contributed by atoms with Crippen molar-refractivity contribution in [3.63, 3.8) is 0 Å². The van der Waals surface area contributed by atoms with E-state index < -0.39 is 11.6 Å². The summed E-state index contributed by atoms with van der Waals surface area (Å²) in [6.07, 6.45) is 0. The van der Waals surface area contributed by atoms with Gasteiger partial charge < -0.3 is 14.6 Å². The number of aryl methyl sites for hydroxylation is 1. The second kappa shape index (κ2) is 3.15. The summed E-state index contributed by atoms with van der Waals surface area (Å²) in [5.41, 5.74) is -0.237. The second-order valence-corrected chi connectivity index (χ2v) is 3.88. The van der Waals surface area contributed by atoms with Crippen molar-refractivity contribution in [2.45, 2.75) is 19.4 Å². The average Bonchev–Trinajstić information content (AvgIpc) is 2.18. The Labute approximate surface area is 87.4 Å². The van der Waals surface area contributed by atoms with Gasteiger partial charge in [-0.2, -0.15) is 0 Å². The van der Waals surface area contributed by atoms with E-state index in [1.807, 2.05) is 19.1 Å². The lowest BCUT2D eigenvalue weighted by atomic mass is 10.1. The minimum atomic E-state index is -1.29. The average molecular weight is 208 g/mol. The third kappa shape index (κ3) is 1.63. The molecule has 80 valence electrons. The molecule has 0 bridgehead atoms. The zero-order chi connectivity index (χ0) is 11.1. The van der Waals surface area contributed by atoms with E-state index in [-0.39, 0.29) is 6.61 Å². The van der Waals surface area contributed by atoms with Gasteiger partial charge in [-0.15, -0.1) is 0 Å². The molecule has 1 aromatic carbocycles. The number of benzene rings is 1. The molecule has 2 rings (SSSR count). The molecular weight excluding hydrogens is 196 g/mol. The van der Waals surface area contributed by atoms with Crippen LogP contribution in [-0.2, 0) is 4.79 Å². The van der Waals surface area contributed by atoms with E-state index in [4.69, 9.17) is 14.6 Å². The number of hydrogen-bond acceptors (Lipinski definition) is 3. The Morgan fingerprint density at radius 2 is 2.20 bits per heavy atom. The van der Waals surface area contributed by atoms with Crippen LogP contribution < -0.4 is 9.47 Å². The first kappa shape index (κ1) is 9.83. The number of carbonyl (C=O) groups is 1. The predicted molar refractivity (Wildman–Crippen MR) is 53.3 cm³/mol. The van der Waals surface area contributed by atoms with E-state index in [9.17, 15) is 4.79 Å². The summed E-state index contributed by atoms with van der Waals surface area (Å²) in [5.74, 6) is 0.0687. The Hall–Kier alpha value is -1.71. The SMILES string of the molecule is Cc1ccc2c(c1)OCC(C)(C(=O)O)O2. The van der Waals surface area contributed by atoms with Crippen LogP contribution >= 0.6 is 0 Å². The van der Waals surface area contributed by atoms with Gasteiger partial charge in [0.1, 0.15) is 6.61 Å². The van der Waals surface area contributed by atoms with Gasteiger partial charge >= 0.3 is 5.97 Å². The standard InChI is InChI=1S/C11H12O4/c1-7-3-4-8-9(5-7)14-6-11(2,15-8)10(12)13/h3-5H,6H2,1-2H3,(H,12,13). The van der Waals surface area contributed by atoms with Crippen LogP contribution in [0.3, 0.4) is 0 Å². The van der Waals surface area contributed by atoms with Crippen molar-refractivity contribution in [2.75, 3.05) is 6.61 Å². The number of ether oxygens (including phenoxy) is 2. The maximum absolute atomic E-state index is 10.9. The third-order valence-electron chi connectivity index (χ3n) is 2.39. The smallest absolute Gasteiger partial charge is 0.351 e. The van der Waals surface area contributed by atoms with Crippen molar-refractivity contribution in [3.05, 3.63) is 23.8 Å². The number of carboxylic acids is 1. The van der Waals surface area contributed by atoms with E-state index in [1.165, 1.54) is 6.92 Å². The quantitative estimate of drug-likeness (QED) is 0.761. The van der Waals surface area contributed by atoms with Crippen LogP contribution in [0.2, 0.25) is 0 Å². The molecule has 0 spiro atoms. The van der Waals surface area contributed by atoms with Crippen molar-refractivity contribution in [3.8, 4) is 11.5 Å². The lowest BCUT2D eigenvalue weighted by molar-refractivity contribution is -0.158. The molecule has 1 N–H and O–H groups in total. The van der Waals surface area contributed by atoms with Gasteiger partial charge in [-0.05, 0) is 31.5 Å². The van der Waals surface area contributed by atoms with E-state index in [0.29, 0.717) is 11.5 Å². The Kier molecular flexibility index (Phi) is 2.07. The third-order valence-corrected chi connectivity index (χ3v) is 2.39. The van der Waals surface area contributed by atoms with Crippen LogP contribution in [-0.4, -0.2) is 23.3 Å². The molecule has 0 aromatic heterocycles. The van der Waals surface area contributed by atoms with Crippen molar-refractivity contribution in [2.24, 2.45) is 0 Å². The highest BCUT2D eigenvalue weighted by Crippen LogP contribution is 2.35. The molecule has 1 heterocycles. The molecule has 1 aliphatic rings. The normalized spacial score (nSPS) is 23.6. The molecule has 0 fully saturated rings. The number of rotatable bonds is 1. The van der Waals surface area contributed by atoms with Crippen LogP contribution in [0.15, 0.2) is 18.2 Å². The summed E-state index contributed by atoms with van der Waals surface area (Å²) in [7, 11) is 0. The highest BCUT2D eigenvalue weighted by Gasteiger charge is 2.40. The van der Waals surface area contributed by atoms with Crippen molar-refractivity contribution >= 4 is 5.97 Å². The molecule has 0 aliphatic carbocycles. The van der Waals surface area contributed by atoms with Crippen LogP contribution in [0, 0.1) is 6.92 Å². The number of hydrogen-bond donors (Lipinski definition) is 1. The van der Waals surface area contributed by atoms with Crippen molar-refractivity contribution < 1.29 is 19.4 Å². The molecular formula is C11H12O4. The van der Waals surface area contributed by atoms with Crippen LogP contribution in [0.4, 0.5) is 0 Å². The first-order valence-electron chi connectivity index (χ1n) is 4.67. The molecule has 0 saturated heterocycles. The Balaban J connectivity index is 2.35. The zero-order valence-corrected chi connectivity index (χ0v) is 8.61. The summed E-state index contributed by atoms with van der Waals surface area (Å²) >= 11 is 0. The Morgan fingerprint density at radius 3 is 2.87 bits per heavy atom. The van der Waals surface area contributed by atoms with E-state index >= 15 is 0 Å². The largest absolute Gasteiger partial charge is 0.485 e. The fraction of sp³-hybridized carbons (Fsp3) is 0.364. The minimum Gasteiger partial charge on any atom is -0.485 e. The first-order chi connectivity index (χ1) is 7.01. The first-order valence-corrected chi connectivity index (χ1v) is 4.67. The molecule has 0 saturated carbocycles. The summed E-state index contributed by atoms with van der Waals surface area (Å²) < 4.78 is 10.8. The summed E-state index contributed by atoms with van der Waals surface area (Å²) in [5, 5.41) is 8.97. The van der Waals surface area contributed by atoms with E-state index in [2.05, 4.69) is 0 Å². The summed E-state index contributed by atoms with van der Waals surface area (Å²) in [6, 6.07) is 5.41. The summed E-state index contributed by atoms with van der Waals surface area (Å²) in [4.78, 5) is 10.9. The molecule has 4 nitrogen and oxygen atoms in total. The highest BCUT2D eigenvalue weighted by atomic mass is 16.6. The maximum atomic E-state index is 10.9. The topological polar surface area (TPSA) is 55.8 Å². The molecule has 0 radical (unpaired) electrons. The number of aliphatic carboxylic acids is 1. The number of carboxylic acid groups (broad SMARTS) is 1. The lowest BCUT2D eigenvalue weighted by Crippen LogP contribution is -2.49. The maximum Gasteiger partial charge on any atom is 0.351 e. The highest BCUT2D eigenvalue weighted by molar-refractivity contribution is 5.78. The number of fused-ring (bicyclic) bond motifs is 1. The molecule has 1 unspecified atom stereocenters. The van der Waals surface area contributed by atoms with Crippen LogP contribution in [0.5, 0.6) is 11.5 Å².